The molecule has 0 spiro atoms. The van der Waals surface area contributed by atoms with E-state index in [1.807, 2.05) is 13.8 Å². The topological polar surface area (TPSA) is 51.2 Å². The lowest BCUT2D eigenvalue weighted by molar-refractivity contribution is -0.274. The number of aromatic nitrogens is 1. The van der Waals surface area contributed by atoms with Crippen LogP contribution in [0.15, 0.2) is 30.5 Å². The number of alkyl halides is 3. The van der Waals surface area contributed by atoms with Gasteiger partial charge in [-0.1, -0.05) is 25.1 Å². The van der Waals surface area contributed by atoms with Crippen LogP contribution in [0.25, 0.3) is 0 Å². The Morgan fingerprint density at radius 3 is 2.72 bits per heavy atom. The molecule has 0 saturated carbocycles. The Kier molecular flexibility index (Phi) is 6.41. The van der Waals surface area contributed by atoms with Gasteiger partial charge in [-0.15, -0.1) is 24.5 Å². The fourth-order valence-electron chi connectivity index (χ4n) is 2.23. The van der Waals surface area contributed by atoms with Crippen molar-refractivity contribution >= 4 is 17.2 Å². The molecule has 0 saturated heterocycles. The van der Waals surface area contributed by atoms with E-state index in [1.165, 1.54) is 18.2 Å². The first kappa shape index (κ1) is 19.2. The van der Waals surface area contributed by atoms with Crippen LogP contribution in [-0.2, 0) is 11.2 Å². The second kappa shape index (κ2) is 8.33. The van der Waals surface area contributed by atoms with Crippen LogP contribution in [0.2, 0.25) is 0 Å². The molecule has 0 aliphatic heterocycles. The summed E-state index contributed by atoms with van der Waals surface area (Å²) in [5.74, 6) is -0.403. The highest BCUT2D eigenvalue weighted by Crippen LogP contribution is 2.27. The van der Waals surface area contributed by atoms with E-state index >= 15 is 0 Å². The lowest BCUT2D eigenvalue weighted by Gasteiger charge is -2.13. The van der Waals surface area contributed by atoms with Gasteiger partial charge in [0, 0.05) is 30.0 Å². The molecular weight excluding hydrogens is 353 g/mol. The maximum absolute atomic E-state index is 12.4. The van der Waals surface area contributed by atoms with Gasteiger partial charge in [-0.2, -0.15) is 0 Å². The number of ether oxygens (including phenoxy) is 1. The number of halogens is 3. The highest BCUT2D eigenvalue weighted by Gasteiger charge is 2.31. The number of rotatable bonds is 7. The van der Waals surface area contributed by atoms with E-state index in [1.54, 1.807) is 23.6 Å². The summed E-state index contributed by atoms with van der Waals surface area (Å²) in [6, 6.07) is 5.84. The van der Waals surface area contributed by atoms with E-state index in [9.17, 15) is 18.0 Å². The second-order valence-corrected chi connectivity index (χ2v) is 6.94. The molecule has 0 aliphatic carbocycles. The average Bonchev–Trinajstić information content (AvgIpc) is 2.97. The zero-order chi connectivity index (χ0) is 18.4. The molecule has 1 aromatic heterocycles. The number of thiazole rings is 1. The van der Waals surface area contributed by atoms with Crippen molar-refractivity contribution in [2.45, 2.75) is 39.0 Å². The Bertz CT molecular complexity index is 716. The number of benzene rings is 1. The van der Waals surface area contributed by atoms with Crippen LogP contribution >= 0.6 is 11.3 Å². The highest BCUT2D eigenvalue weighted by atomic mass is 32.1. The molecule has 2 aromatic rings. The predicted octanol–water partition coefficient (Wildman–Crippen LogP) is 4.20. The van der Waals surface area contributed by atoms with Crippen molar-refractivity contribution in [2.75, 3.05) is 6.54 Å². The zero-order valence-corrected chi connectivity index (χ0v) is 14.7. The van der Waals surface area contributed by atoms with E-state index < -0.39 is 6.36 Å². The van der Waals surface area contributed by atoms with Gasteiger partial charge in [0.05, 0.1) is 5.01 Å². The minimum absolute atomic E-state index is 0.0852. The summed E-state index contributed by atoms with van der Waals surface area (Å²) in [5, 5.41) is 3.74. The summed E-state index contributed by atoms with van der Waals surface area (Å²) in [6.07, 6.45) is -2.71. The summed E-state index contributed by atoms with van der Waals surface area (Å²) < 4.78 is 41.1. The van der Waals surface area contributed by atoms with Crippen molar-refractivity contribution in [1.29, 1.82) is 0 Å². The van der Waals surface area contributed by atoms with Crippen LogP contribution in [0, 0.1) is 6.92 Å². The van der Waals surface area contributed by atoms with Crippen molar-refractivity contribution < 1.29 is 22.7 Å². The van der Waals surface area contributed by atoms with Gasteiger partial charge in [0.1, 0.15) is 5.75 Å². The molecule has 1 unspecified atom stereocenters. The van der Waals surface area contributed by atoms with E-state index in [0.717, 1.165) is 9.88 Å². The van der Waals surface area contributed by atoms with Crippen LogP contribution < -0.4 is 10.1 Å². The molecule has 0 bridgehead atoms. The molecule has 136 valence electrons. The summed E-state index contributed by atoms with van der Waals surface area (Å²) in [4.78, 5) is 17.3. The van der Waals surface area contributed by atoms with Crippen LogP contribution in [0.3, 0.4) is 0 Å². The van der Waals surface area contributed by atoms with Gasteiger partial charge in [-0.3, -0.25) is 4.79 Å². The molecule has 1 aromatic carbocycles. The first-order valence-corrected chi connectivity index (χ1v) is 8.59. The smallest absolute Gasteiger partial charge is 0.406 e. The van der Waals surface area contributed by atoms with Crippen molar-refractivity contribution in [3.05, 3.63) is 45.9 Å². The van der Waals surface area contributed by atoms with Gasteiger partial charge in [0.15, 0.2) is 0 Å². The maximum atomic E-state index is 12.4. The Morgan fingerprint density at radius 2 is 2.08 bits per heavy atom. The Hall–Kier alpha value is -2.09. The average molecular weight is 372 g/mol. The quantitative estimate of drug-likeness (QED) is 0.792. The predicted molar refractivity (Wildman–Crippen MR) is 89.7 cm³/mol. The number of hydrogen-bond donors (Lipinski definition) is 1. The molecule has 8 heteroatoms. The third kappa shape index (κ3) is 6.38. The Balaban J connectivity index is 1.84. The lowest BCUT2D eigenvalue weighted by Crippen LogP contribution is -2.27. The van der Waals surface area contributed by atoms with Crippen molar-refractivity contribution in [3.8, 4) is 5.75 Å². The second-order valence-electron chi connectivity index (χ2n) is 5.67. The van der Waals surface area contributed by atoms with Gasteiger partial charge >= 0.3 is 6.36 Å². The van der Waals surface area contributed by atoms with E-state index in [-0.39, 0.29) is 30.4 Å². The molecule has 4 nitrogen and oxygen atoms in total. The minimum atomic E-state index is -4.75. The number of amides is 1. The monoisotopic (exact) mass is 372 g/mol. The molecule has 0 fully saturated rings. The number of nitrogens with zero attached hydrogens (tertiary/aromatic N) is 1. The lowest BCUT2D eigenvalue weighted by atomic mass is 10.1. The van der Waals surface area contributed by atoms with Gasteiger partial charge in [0.25, 0.3) is 0 Å². The van der Waals surface area contributed by atoms with Crippen LogP contribution in [0.5, 0.6) is 5.75 Å². The third-order valence-corrected chi connectivity index (χ3v) is 4.63. The first-order valence-electron chi connectivity index (χ1n) is 7.77. The van der Waals surface area contributed by atoms with Gasteiger partial charge < -0.3 is 10.1 Å². The molecule has 25 heavy (non-hydrogen) atoms. The van der Waals surface area contributed by atoms with Gasteiger partial charge in [0.2, 0.25) is 5.91 Å². The molecule has 0 radical (unpaired) electrons. The first-order chi connectivity index (χ1) is 11.7. The largest absolute Gasteiger partial charge is 0.573 e. The fraction of sp³-hybridized carbons (Fsp3) is 0.412. The Labute approximate surface area is 148 Å². The van der Waals surface area contributed by atoms with Crippen LogP contribution in [-0.4, -0.2) is 23.8 Å². The summed E-state index contributed by atoms with van der Waals surface area (Å²) in [5.41, 5.74) is 0.346. The molecule has 2 rings (SSSR count). The standard InChI is InChI=1S/C17H19F3N2O2S/c1-11(16-22-10-12(2)25-16)9-21-15(23)8-7-13-5-3-4-6-14(13)24-17(18,19)20/h3-6,10-11H,7-9H2,1-2H3,(H,21,23). The summed E-state index contributed by atoms with van der Waals surface area (Å²) in [6.45, 7) is 4.37. The summed E-state index contributed by atoms with van der Waals surface area (Å²) >= 11 is 1.58. The number of carbonyl (C=O) groups excluding carboxylic acids is 1. The maximum Gasteiger partial charge on any atom is 0.573 e. The van der Waals surface area contributed by atoms with Crippen LogP contribution in [0.1, 0.15) is 34.7 Å². The number of aryl methyl sites for hydroxylation is 2. The highest BCUT2D eigenvalue weighted by molar-refractivity contribution is 7.11. The number of para-hydroxylation sites is 1. The third-order valence-electron chi connectivity index (χ3n) is 3.49. The molecule has 1 heterocycles. The minimum Gasteiger partial charge on any atom is -0.406 e. The van der Waals surface area contributed by atoms with E-state index in [0.29, 0.717) is 12.1 Å². The van der Waals surface area contributed by atoms with Gasteiger partial charge in [-0.25, -0.2) is 4.98 Å². The van der Waals surface area contributed by atoms with Crippen molar-refractivity contribution in [3.63, 3.8) is 0 Å². The zero-order valence-electron chi connectivity index (χ0n) is 13.9. The Morgan fingerprint density at radius 1 is 1.36 bits per heavy atom. The number of hydrogen-bond acceptors (Lipinski definition) is 4. The molecular formula is C17H19F3N2O2S. The number of carbonyl (C=O) groups is 1. The van der Waals surface area contributed by atoms with Crippen LogP contribution in [0.4, 0.5) is 13.2 Å². The molecule has 1 N–H and O–H groups in total. The number of nitrogens with one attached hydrogen (secondary N) is 1. The SMILES string of the molecule is Cc1cnc(C(C)CNC(=O)CCc2ccccc2OC(F)(F)F)s1. The van der Waals surface area contributed by atoms with Crippen molar-refractivity contribution in [2.24, 2.45) is 0 Å². The normalized spacial score (nSPS) is 12.7. The molecule has 1 atom stereocenters. The fourth-order valence-corrected chi connectivity index (χ4v) is 3.05. The van der Waals surface area contributed by atoms with E-state index in [2.05, 4.69) is 15.0 Å². The van der Waals surface area contributed by atoms with Crippen molar-refractivity contribution in [1.82, 2.24) is 10.3 Å². The summed E-state index contributed by atoms with van der Waals surface area (Å²) in [7, 11) is 0. The van der Waals surface area contributed by atoms with Gasteiger partial charge in [-0.05, 0) is 25.0 Å². The molecule has 0 aliphatic rings. The van der Waals surface area contributed by atoms with E-state index in [4.69, 9.17) is 0 Å². The molecule has 1 amide bonds.